The molecule has 0 aromatic heterocycles. The van der Waals surface area contributed by atoms with Gasteiger partial charge >= 0.3 is 0 Å². The second-order valence-electron chi connectivity index (χ2n) is 6.97. The zero-order chi connectivity index (χ0) is 19.9. The molecule has 8 heteroatoms. The van der Waals surface area contributed by atoms with Crippen molar-refractivity contribution >= 4 is 27.3 Å². The summed E-state index contributed by atoms with van der Waals surface area (Å²) in [5.74, 6) is -0.0272. The molecule has 0 atom stereocenters. The summed E-state index contributed by atoms with van der Waals surface area (Å²) in [6.07, 6.45) is 0.238. The number of rotatable bonds is 3. The summed E-state index contributed by atoms with van der Waals surface area (Å²) in [7, 11) is -1.90. The van der Waals surface area contributed by atoms with Gasteiger partial charge in [-0.25, -0.2) is 8.42 Å². The van der Waals surface area contributed by atoms with Crippen LogP contribution in [0.5, 0.6) is 0 Å². The van der Waals surface area contributed by atoms with Gasteiger partial charge in [0.2, 0.25) is 15.9 Å². The van der Waals surface area contributed by atoms with Crippen molar-refractivity contribution in [3.63, 3.8) is 0 Å². The first-order chi connectivity index (χ1) is 13.4. The smallest absolute Gasteiger partial charge is 0.243 e. The van der Waals surface area contributed by atoms with Gasteiger partial charge in [-0.05, 0) is 48.0 Å². The van der Waals surface area contributed by atoms with Crippen molar-refractivity contribution in [1.29, 1.82) is 5.26 Å². The lowest BCUT2D eigenvalue weighted by Gasteiger charge is -2.35. The predicted molar refractivity (Wildman–Crippen MR) is 106 cm³/mol. The number of hydrogen-bond donors (Lipinski definition) is 0. The summed E-state index contributed by atoms with van der Waals surface area (Å²) >= 11 is 0. The standard InChI is InChI=1S/C20H20N4O3S/c1-22-19-7-6-18(12-16(19)13-20(22)25)28(26,27)24-10-8-23(9-11-24)17-4-2-15(14-21)3-5-17/h2-7,12H,8-11,13H2,1H3. The molecule has 4 rings (SSSR count). The molecule has 1 saturated heterocycles. The molecule has 1 fully saturated rings. The average Bonchev–Trinajstić information content (AvgIpc) is 3.01. The lowest BCUT2D eigenvalue weighted by Crippen LogP contribution is -2.48. The molecule has 144 valence electrons. The molecule has 28 heavy (non-hydrogen) atoms. The Morgan fingerprint density at radius 2 is 1.68 bits per heavy atom. The lowest BCUT2D eigenvalue weighted by molar-refractivity contribution is -0.117. The summed E-state index contributed by atoms with van der Waals surface area (Å²) in [6, 6.07) is 14.3. The Kier molecular flexibility index (Phi) is 4.57. The number of piperazine rings is 1. The van der Waals surface area contributed by atoms with E-state index in [2.05, 4.69) is 11.0 Å². The van der Waals surface area contributed by atoms with Crippen molar-refractivity contribution in [3.05, 3.63) is 53.6 Å². The van der Waals surface area contributed by atoms with Gasteiger partial charge in [0.05, 0.1) is 22.9 Å². The first kappa shape index (κ1) is 18.5. The molecule has 2 aliphatic rings. The minimum absolute atomic E-state index is 0.0272. The number of benzene rings is 2. The Morgan fingerprint density at radius 1 is 1.00 bits per heavy atom. The van der Waals surface area contributed by atoms with Crippen LogP contribution < -0.4 is 9.80 Å². The van der Waals surface area contributed by atoms with E-state index in [0.29, 0.717) is 31.7 Å². The molecule has 2 heterocycles. The third-order valence-electron chi connectivity index (χ3n) is 5.37. The number of sulfonamides is 1. The molecule has 7 nitrogen and oxygen atoms in total. The molecule has 0 N–H and O–H groups in total. The van der Waals surface area contributed by atoms with Crippen molar-refractivity contribution in [3.8, 4) is 6.07 Å². The summed E-state index contributed by atoms with van der Waals surface area (Å²) in [4.78, 5) is 15.8. The summed E-state index contributed by atoms with van der Waals surface area (Å²) in [6.45, 7) is 1.94. The maximum absolute atomic E-state index is 13.0. The molecule has 0 saturated carbocycles. The third-order valence-corrected chi connectivity index (χ3v) is 7.26. The number of nitrogens with zero attached hydrogens (tertiary/aromatic N) is 4. The summed E-state index contributed by atoms with van der Waals surface area (Å²) in [5.41, 5.74) is 3.11. The van der Waals surface area contributed by atoms with Crippen LogP contribution >= 0.6 is 0 Å². The van der Waals surface area contributed by atoms with E-state index in [1.54, 1.807) is 42.3 Å². The molecule has 0 aliphatic carbocycles. The zero-order valence-corrected chi connectivity index (χ0v) is 16.3. The van der Waals surface area contributed by atoms with E-state index in [9.17, 15) is 13.2 Å². The van der Waals surface area contributed by atoms with Crippen molar-refractivity contribution in [1.82, 2.24) is 4.31 Å². The molecule has 0 bridgehead atoms. The molecule has 0 radical (unpaired) electrons. The number of nitriles is 1. The number of likely N-dealkylation sites (N-methyl/N-ethyl adjacent to an activating group) is 1. The highest BCUT2D eigenvalue weighted by Crippen LogP contribution is 2.31. The van der Waals surface area contributed by atoms with Crippen molar-refractivity contribution < 1.29 is 13.2 Å². The van der Waals surface area contributed by atoms with Crippen LogP contribution in [-0.4, -0.2) is 51.9 Å². The van der Waals surface area contributed by atoms with Crippen LogP contribution in [0.15, 0.2) is 47.4 Å². The number of fused-ring (bicyclic) bond motifs is 1. The van der Waals surface area contributed by atoms with E-state index in [0.717, 1.165) is 16.9 Å². The quantitative estimate of drug-likeness (QED) is 0.787. The second-order valence-corrected chi connectivity index (χ2v) is 8.91. The topological polar surface area (TPSA) is 84.7 Å². The Morgan fingerprint density at radius 3 is 2.32 bits per heavy atom. The average molecular weight is 396 g/mol. The number of carbonyl (C=O) groups excluding carboxylic acids is 1. The summed E-state index contributed by atoms with van der Waals surface area (Å²) in [5, 5.41) is 8.90. The first-order valence-corrected chi connectivity index (χ1v) is 10.5. The van der Waals surface area contributed by atoms with E-state index in [1.807, 2.05) is 12.1 Å². The molecular weight excluding hydrogens is 376 g/mol. The first-order valence-electron chi connectivity index (χ1n) is 9.05. The van der Waals surface area contributed by atoms with E-state index in [-0.39, 0.29) is 17.2 Å². The third kappa shape index (κ3) is 3.13. The number of amides is 1. The Labute approximate surface area is 164 Å². The van der Waals surface area contributed by atoms with Gasteiger partial charge in [0.1, 0.15) is 0 Å². The van der Waals surface area contributed by atoms with Gasteiger partial charge in [-0.15, -0.1) is 0 Å². The fourth-order valence-corrected chi connectivity index (χ4v) is 5.16. The molecule has 1 amide bonds. The van der Waals surface area contributed by atoms with Crippen LogP contribution in [0.3, 0.4) is 0 Å². The Bertz CT molecular complexity index is 1070. The van der Waals surface area contributed by atoms with Gasteiger partial charge < -0.3 is 9.80 Å². The van der Waals surface area contributed by atoms with Crippen molar-refractivity contribution in [2.45, 2.75) is 11.3 Å². The Hall–Kier alpha value is -2.89. The highest BCUT2D eigenvalue weighted by Gasteiger charge is 2.31. The maximum atomic E-state index is 13.0. The SMILES string of the molecule is CN1C(=O)Cc2cc(S(=O)(=O)N3CCN(c4ccc(C#N)cc4)CC3)ccc21. The highest BCUT2D eigenvalue weighted by atomic mass is 32.2. The minimum Gasteiger partial charge on any atom is -0.369 e. The number of carbonyl (C=O) groups is 1. The van der Waals surface area contributed by atoms with E-state index >= 15 is 0 Å². The van der Waals surface area contributed by atoms with Crippen molar-refractivity contribution in [2.24, 2.45) is 0 Å². The maximum Gasteiger partial charge on any atom is 0.243 e. The van der Waals surface area contributed by atoms with Crippen LogP contribution in [0, 0.1) is 11.3 Å². The van der Waals surface area contributed by atoms with Crippen LogP contribution in [0.4, 0.5) is 11.4 Å². The van der Waals surface area contributed by atoms with E-state index in [1.165, 1.54) is 4.31 Å². The van der Waals surface area contributed by atoms with Crippen LogP contribution in [-0.2, 0) is 21.2 Å². The zero-order valence-electron chi connectivity index (χ0n) is 15.5. The van der Waals surface area contributed by atoms with Crippen LogP contribution in [0.1, 0.15) is 11.1 Å². The van der Waals surface area contributed by atoms with Crippen LogP contribution in [0.2, 0.25) is 0 Å². The number of hydrogen-bond acceptors (Lipinski definition) is 5. The van der Waals surface area contributed by atoms with Gasteiger partial charge in [0.25, 0.3) is 0 Å². The van der Waals surface area contributed by atoms with E-state index in [4.69, 9.17) is 5.26 Å². The Balaban J connectivity index is 1.49. The fourth-order valence-electron chi connectivity index (χ4n) is 3.69. The lowest BCUT2D eigenvalue weighted by atomic mass is 10.2. The van der Waals surface area contributed by atoms with Gasteiger partial charge in [0.15, 0.2) is 0 Å². The highest BCUT2D eigenvalue weighted by molar-refractivity contribution is 7.89. The fraction of sp³-hybridized carbons (Fsp3) is 0.300. The van der Waals surface area contributed by atoms with Gasteiger partial charge in [-0.2, -0.15) is 9.57 Å². The van der Waals surface area contributed by atoms with Gasteiger partial charge in [0, 0.05) is 44.6 Å². The number of anilines is 2. The van der Waals surface area contributed by atoms with E-state index < -0.39 is 10.0 Å². The normalized spacial score (nSPS) is 17.5. The van der Waals surface area contributed by atoms with Crippen LogP contribution in [0.25, 0.3) is 0 Å². The second kappa shape index (κ2) is 6.93. The monoisotopic (exact) mass is 396 g/mol. The molecule has 2 aromatic rings. The molecule has 0 unspecified atom stereocenters. The van der Waals surface area contributed by atoms with Gasteiger partial charge in [-0.1, -0.05) is 0 Å². The molecular formula is C20H20N4O3S. The molecule has 2 aliphatic heterocycles. The predicted octanol–water partition coefficient (Wildman–Crippen LogP) is 1.59. The van der Waals surface area contributed by atoms with Crippen molar-refractivity contribution in [2.75, 3.05) is 43.0 Å². The molecule has 2 aromatic carbocycles. The van der Waals surface area contributed by atoms with Gasteiger partial charge in [-0.3, -0.25) is 4.79 Å². The largest absolute Gasteiger partial charge is 0.369 e. The molecule has 0 spiro atoms. The minimum atomic E-state index is -3.60. The summed E-state index contributed by atoms with van der Waals surface area (Å²) < 4.78 is 27.6.